The Bertz CT molecular complexity index is 955. The quantitative estimate of drug-likeness (QED) is 0.773. The predicted molar refractivity (Wildman–Crippen MR) is 103 cm³/mol. The summed E-state index contributed by atoms with van der Waals surface area (Å²) in [6.07, 6.45) is 4.77. The summed E-state index contributed by atoms with van der Waals surface area (Å²) in [5.74, 6) is 1.21. The highest BCUT2D eigenvalue weighted by atomic mass is 16.3. The van der Waals surface area contributed by atoms with Gasteiger partial charge in [-0.2, -0.15) is 9.61 Å². The molecule has 1 aromatic carbocycles. The van der Waals surface area contributed by atoms with Crippen molar-refractivity contribution < 1.29 is 5.11 Å². The maximum atomic E-state index is 9.92. The van der Waals surface area contributed by atoms with Crippen molar-refractivity contribution >= 4 is 11.5 Å². The van der Waals surface area contributed by atoms with E-state index in [-0.39, 0.29) is 6.10 Å². The second kappa shape index (κ2) is 6.09. The smallest absolute Gasteiger partial charge is 0.165 e. The molecule has 1 N–H and O–H groups in total. The van der Waals surface area contributed by atoms with E-state index in [1.807, 2.05) is 6.07 Å². The van der Waals surface area contributed by atoms with E-state index in [9.17, 15) is 5.11 Å². The van der Waals surface area contributed by atoms with Crippen LogP contribution >= 0.6 is 0 Å². The minimum absolute atomic E-state index is 0.170. The molecule has 1 saturated heterocycles. The van der Waals surface area contributed by atoms with Gasteiger partial charge < -0.3 is 10.0 Å². The zero-order chi connectivity index (χ0) is 17.7. The monoisotopic (exact) mass is 348 g/mol. The lowest BCUT2D eigenvalue weighted by atomic mass is 10.1. The number of aliphatic hydroxyl groups is 1. The fourth-order valence-corrected chi connectivity index (χ4v) is 4.46. The highest BCUT2D eigenvalue weighted by Gasteiger charge is 2.28. The Balaban J connectivity index is 1.74. The fraction of sp³-hybridized carbons (Fsp3) is 0.429. The zero-order valence-electron chi connectivity index (χ0n) is 15.1. The summed E-state index contributed by atoms with van der Waals surface area (Å²) in [4.78, 5) is 7.46. The molecule has 5 nitrogen and oxygen atoms in total. The third-order valence-electron chi connectivity index (χ3n) is 5.76. The van der Waals surface area contributed by atoms with E-state index in [2.05, 4.69) is 40.6 Å². The lowest BCUT2D eigenvalue weighted by Gasteiger charge is -2.32. The van der Waals surface area contributed by atoms with Crippen molar-refractivity contribution in [3.05, 3.63) is 47.3 Å². The lowest BCUT2D eigenvalue weighted by Crippen LogP contribution is -2.37. The molecule has 26 heavy (non-hydrogen) atoms. The van der Waals surface area contributed by atoms with Crippen molar-refractivity contribution in [2.45, 2.75) is 45.1 Å². The molecular formula is C21H24N4O. The Morgan fingerprint density at radius 1 is 1.08 bits per heavy atom. The van der Waals surface area contributed by atoms with Gasteiger partial charge >= 0.3 is 0 Å². The maximum absolute atomic E-state index is 9.92. The third kappa shape index (κ3) is 2.42. The first kappa shape index (κ1) is 15.8. The summed E-state index contributed by atoms with van der Waals surface area (Å²) in [6.45, 7) is 3.84. The summed E-state index contributed by atoms with van der Waals surface area (Å²) in [5.41, 5.74) is 6.89. The summed E-state index contributed by atoms with van der Waals surface area (Å²) < 4.78 is 2.07. The predicted octanol–water partition coefficient (Wildman–Crippen LogP) is 3.15. The topological polar surface area (TPSA) is 53.7 Å². The normalized spacial score (nSPS) is 17.8. The minimum Gasteiger partial charge on any atom is -0.393 e. The van der Waals surface area contributed by atoms with Gasteiger partial charge in [0.2, 0.25) is 0 Å². The molecule has 0 unspecified atom stereocenters. The van der Waals surface area contributed by atoms with E-state index in [0.717, 1.165) is 55.7 Å². The van der Waals surface area contributed by atoms with Crippen molar-refractivity contribution in [1.29, 1.82) is 0 Å². The number of hydrogen-bond donors (Lipinski definition) is 1. The number of rotatable bonds is 2. The van der Waals surface area contributed by atoms with Gasteiger partial charge in [-0.1, -0.05) is 30.3 Å². The van der Waals surface area contributed by atoms with Gasteiger partial charge in [-0.25, -0.2) is 4.98 Å². The molecule has 134 valence electrons. The molecule has 5 heteroatoms. The first-order chi connectivity index (χ1) is 12.7. The van der Waals surface area contributed by atoms with E-state index in [0.29, 0.717) is 0 Å². The second-order valence-corrected chi connectivity index (χ2v) is 7.49. The summed E-state index contributed by atoms with van der Waals surface area (Å²) in [7, 11) is 0. The molecule has 0 spiro atoms. The zero-order valence-corrected chi connectivity index (χ0v) is 15.1. The second-order valence-electron chi connectivity index (χ2n) is 7.49. The van der Waals surface area contributed by atoms with E-state index in [1.54, 1.807) is 0 Å². The van der Waals surface area contributed by atoms with Crippen LogP contribution in [0.2, 0.25) is 0 Å². The van der Waals surface area contributed by atoms with Crippen molar-refractivity contribution in [2.24, 2.45) is 0 Å². The van der Waals surface area contributed by atoms with Crippen LogP contribution in [0.4, 0.5) is 5.82 Å². The number of benzene rings is 1. The van der Waals surface area contributed by atoms with Crippen LogP contribution in [-0.4, -0.2) is 38.9 Å². The molecule has 5 rings (SSSR count). The number of nitrogens with zero attached hydrogens (tertiary/aromatic N) is 4. The average molecular weight is 348 g/mol. The van der Waals surface area contributed by atoms with Gasteiger partial charge in [0.1, 0.15) is 5.82 Å². The number of aryl methyl sites for hydroxylation is 2. The Morgan fingerprint density at radius 3 is 2.62 bits per heavy atom. The molecule has 2 aromatic heterocycles. The molecule has 0 saturated carbocycles. The molecule has 0 atom stereocenters. The highest BCUT2D eigenvalue weighted by Crippen LogP contribution is 2.36. The number of anilines is 1. The van der Waals surface area contributed by atoms with E-state index in [1.165, 1.54) is 29.1 Å². The van der Waals surface area contributed by atoms with Crippen LogP contribution < -0.4 is 4.90 Å². The molecule has 1 aliphatic carbocycles. The van der Waals surface area contributed by atoms with Gasteiger partial charge in [0, 0.05) is 29.9 Å². The summed E-state index contributed by atoms with van der Waals surface area (Å²) >= 11 is 0. The standard InChI is InChI=1S/C21H24N4O/c1-14-19(15-6-3-2-4-7-15)20-22-18-9-5-8-17(18)21(25(20)23-14)24-12-10-16(26)11-13-24/h2-4,6-7,16,26H,5,8-13H2,1H3. The molecule has 1 fully saturated rings. The Labute approximate surface area is 153 Å². The van der Waals surface area contributed by atoms with Gasteiger partial charge in [-0.05, 0) is 44.6 Å². The van der Waals surface area contributed by atoms with Crippen LogP contribution in [0, 0.1) is 6.92 Å². The number of aliphatic hydroxyl groups excluding tert-OH is 1. The van der Waals surface area contributed by atoms with Crippen molar-refractivity contribution in [2.75, 3.05) is 18.0 Å². The minimum atomic E-state index is -0.170. The fourth-order valence-electron chi connectivity index (χ4n) is 4.46. The SMILES string of the molecule is Cc1nn2c(N3CCC(O)CC3)c3c(nc2c1-c1ccccc1)CCC3. The van der Waals surface area contributed by atoms with E-state index in [4.69, 9.17) is 10.1 Å². The van der Waals surface area contributed by atoms with Crippen LogP contribution in [0.1, 0.15) is 36.2 Å². The number of hydrogen-bond acceptors (Lipinski definition) is 4. The van der Waals surface area contributed by atoms with Gasteiger partial charge in [0.25, 0.3) is 0 Å². The van der Waals surface area contributed by atoms with Crippen LogP contribution in [0.5, 0.6) is 0 Å². The van der Waals surface area contributed by atoms with Crippen molar-refractivity contribution in [3.63, 3.8) is 0 Å². The average Bonchev–Trinajstić information content (AvgIpc) is 3.24. The molecule has 3 aromatic rings. The van der Waals surface area contributed by atoms with Crippen LogP contribution in [0.3, 0.4) is 0 Å². The first-order valence-corrected chi connectivity index (χ1v) is 9.62. The van der Waals surface area contributed by atoms with Gasteiger partial charge in [-0.3, -0.25) is 0 Å². The van der Waals surface area contributed by atoms with Crippen LogP contribution in [-0.2, 0) is 12.8 Å². The maximum Gasteiger partial charge on any atom is 0.165 e. The Hall–Kier alpha value is -2.40. The molecule has 3 heterocycles. The van der Waals surface area contributed by atoms with Gasteiger partial charge in [0.05, 0.1) is 11.8 Å². The molecular weight excluding hydrogens is 324 g/mol. The summed E-state index contributed by atoms with van der Waals surface area (Å²) in [5, 5.41) is 14.8. The number of aromatic nitrogens is 3. The highest BCUT2D eigenvalue weighted by molar-refractivity contribution is 5.81. The molecule has 1 aliphatic heterocycles. The Morgan fingerprint density at radius 2 is 1.85 bits per heavy atom. The van der Waals surface area contributed by atoms with E-state index >= 15 is 0 Å². The lowest BCUT2D eigenvalue weighted by molar-refractivity contribution is 0.145. The molecule has 2 aliphatic rings. The largest absolute Gasteiger partial charge is 0.393 e. The van der Waals surface area contributed by atoms with E-state index < -0.39 is 0 Å². The van der Waals surface area contributed by atoms with Crippen molar-refractivity contribution in [1.82, 2.24) is 14.6 Å². The van der Waals surface area contributed by atoms with Crippen molar-refractivity contribution in [3.8, 4) is 11.1 Å². The Kier molecular flexibility index (Phi) is 3.71. The van der Waals surface area contributed by atoms with Crippen LogP contribution in [0.25, 0.3) is 16.8 Å². The molecule has 0 amide bonds. The van der Waals surface area contributed by atoms with Gasteiger partial charge in [-0.15, -0.1) is 0 Å². The first-order valence-electron chi connectivity index (χ1n) is 9.62. The van der Waals surface area contributed by atoms with Crippen LogP contribution in [0.15, 0.2) is 30.3 Å². The summed E-state index contributed by atoms with van der Waals surface area (Å²) in [6, 6.07) is 10.4. The van der Waals surface area contributed by atoms with Gasteiger partial charge in [0.15, 0.2) is 5.65 Å². The molecule has 0 bridgehead atoms. The third-order valence-corrected chi connectivity index (χ3v) is 5.76. The number of piperidine rings is 1. The number of fused-ring (bicyclic) bond motifs is 2. The molecule has 0 radical (unpaired) electrons.